The van der Waals surface area contributed by atoms with Gasteiger partial charge in [0.1, 0.15) is 0 Å². The van der Waals surface area contributed by atoms with E-state index in [2.05, 4.69) is 12.2 Å². The Morgan fingerprint density at radius 3 is 2.33 bits per heavy atom. The number of halogens is 3. The highest BCUT2D eigenvalue weighted by molar-refractivity contribution is 8.07. The van der Waals surface area contributed by atoms with E-state index in [1.165, 1.54) is 12.1 Å². The predicted octanol–water partition coefficient (Wildman–Crippen LogP) is 4.59. The van der Waals surface area contributed by atoms with Gasteiger partial charge in [0.05, 0.1) is 5.56 Å². The Morgan fingerprint density at radius 2 is 1.81 bits per heavy atom. The highest BCUT2D eigenvalue weighted by Gasteiger charge is 2.33. The third-order valence-corrected chi connectivity index (χ3v) is 7.08. The highest BCUT2D eigenvalue weighted by Crippen LogP contribution is 2.40. The number of thioether (sulfide) groups is 2. The fourth-order valence-corrected chi connectivity index (χ4v) is 5.94. The number of hydrogen-bond donors (Lipinski definition) is 1. The minimum absolute atomic E-state index is 0.0926. The number of nitrogens with one attached hydrogen (secondary N) is 1. The number of rotatable bonds is 4. The lowest BCUT2D eigenvalue weighted by Crippen LogP contribution is -2.37. The van der Waals surface area contributed by atoms with Crippen LogP contribution in [-0.4, -0.2) is 29.1 Å². The number of hydrogen-bond acceptors (Lipinski definition) is 3. The molecule has 2 rings (SSSR count). The lowest BCUT2D eigenvalue weighted by Gasteiger charge is -2.36. The van der Waals surface area contributed by atoms with E-state index in [-0.39, 0.29) is 6.04 Å². The lowest BCUT2D eigenvalue weighted by molar-refractivity contribution is -0.137. The first-order valence-corrected chi connectivity index (χ1v) is 9.14. The largest absolute Gasteiger partial charge is 0.416 e. The second kappa shape index (κ2) is 7.29. The maximum atomic E-state index is 12.7. The predicted molar refractivity (Wildman–Crippen MR) is 86.0 cm³/mol. The van der Waals surface area contributed by atoms with Gasteiger partial charge in [0.15, 0.2) is 0 Å². The molecule has 1 aromatic rings. The standard InChI is InChI=1S/C15H20F3NS2/c1-3-12-14(21-9-8-20-12)13(19-2)10-4-6-11(7-5-10)15(16,17)18/h4-7,12-14,19H,3,8-9H2,1-2H3. The molecule has 3 atom stereocenters. The summed E-state index contributed by atoms with van der Waals surface area (Å²) in [5.41, 5.74) is 0.350. The van der Waals surface area contributed by atoms with Gasteiger partial charge in [-0.05, 0) is 31.2 Å². The van der Waals surface area contributed by atoms with Crippen LogP contribution < -0.4 is 5.32 Å². The molecule has 118 valence electrons. The number of alkyl halides is 3. The Hall–Kier alpha value is -0.330. The minimum atomic E-state index is -4.27. The molecule has 6 heteroatoms. The maximum absolute atomic E-state index is 12.7. The van der Waals surface area contributed by atoms with Crippen LogP contribution in [0.4, 0.5) is 13.2 Å². The quantitative estimate of drug-likeness (QED) is 0.864. The van der Waals surface area contributed by atoms with Crippen LogP contribution in [0.2, 0.25) is 0 Å². The molecule has 1 nitrogen and oxygen atoms in total. The summed E-state index contributed by atoms with van der Waals surface area (Å²) in [4.78, 5) is 0. The summed E-state index contributed by atoms with van der Waals surface area (Å²) in [7, 11) is 1.88. The summed E-state index contributed by atoms with van der Waals surface area (Å²) in [5, 5.41) is 4.24. The topological polar surface area (TPSA) is 12.0 Å². The van der Waals surface area contributed by atoms with Gasteiger partial charge in [0, 0.05) is 28.0 Å². The average Bonchev–Trinajstić information content (AvgIpc) is 2.48. The first-order valence-electron chi connectivity index (χ1n) is 7.05. The van der Waals surface area contributed by atoms with E-state index in [0.29, 0.717) is 10.5 Å². The fraction of sp³-hybridized carbons (Fsp3) is 0.600. The van der Waals surface area contributed by atoms with Gasteiger partial charge in [-0.25, -0.2) is 0 Å². The van der Waals surface area contributed by atoms with Crippen LogP contribution in [0.25, 0.3) is 0 Å². The Balaban J connectivity index is 2.20. The van der Waals surface area contributed by atoms with Crippen molar-refractivity contribution in [2.75, 3.05) is 18.6 Å². The summed E-state index contributed by atoms with van der Waals surface area (Å²) >= 11 is 3.90. The van der Waals surface area contributed by atoms with E-state index in [0.717, 1.165) is 23.5 Å². The molecule has 0 saturated carbocycles. The maximum Gasteiger partial charge on any atom is 0.416 e. The molecule has 0 radical (unpaired) electrons. The van der Waals surface area contributed by atoms with Crippen molar-refractivity contribution in [3.63, 3.8) is 0 Å². The van der Waals surface area contributed by atoms with E-state index in [1.807, 2.05) is 30.6 Å². The van der Waals surface area contributed by atoms with Crippen LogP contribution in [0.5, 0.6) is 0 Å². The van der Waals surface area contributed by atoms with E-state index in [4.69, 9.17) is 0 Å². The Labute approximate surface area is 132 Å². The van der Waals surface area contributed by atoms with E-state index >= 15 is 0 Å². The molecule has 1 aliphatic rings. The molecule has 0 spiro atoms. The number of benzene rings is 1. The van der Waals surface area contributed by atoms with Crippen molar-refractivity contribution in [1.82, 2.24) is 5.32 Å². The highest BCUT2D eigenvalue weighted by atomic mass is 32.2. The molecule has 21 heavy (non-hydrogen) atoms. The van der Waals surface area contributed by atoms with Gasteiger partial charge in [-0.2, -0.15) is 36.7 Å². The molecular formula is C15H20F3NS2. The van der Waals surface area contributed by atoms with Gasteiger partial charge in [-0.15, -0.1) is 0 Å². The SMILES string of the molecule is CCC1SCCSC1C(NC)c1ccc(C(F)(F)F)cc1. The van der Waals surface area contributed by atoms with Crippen molar-refractivity contribution in [2.45, 2.75) is 36.1 Å². The first kappa shape index (κ1) is 17.0. The normalized spacial score (nSPS) is 24.8. The molecule has 1 aromatic carbocycles. The van der Waals surface area contributed by atoms with Gasteiger partial charge in [0.25, 0.3) is 0 Å². The average molecular weight is 335 g/mol. The summed E-state index contributed by atoms with van der Waals surface area (Å²) in [6.07, 6.45) is -3.18. The molecule has 1 aliphatic heterocycles. The van der Waals surface area contributed by atoms with Crippen molar-refractivity contribution in [1.29, 1.82) is 0 Å². The monoisotopic (exact) mass is 335 g/mol. The van der Waals surface area contributed by atoms with Gasteiger partial charge in [0.2, 0.25) is 0 Å². The van der Waals surface area contributed by atoms with Gasteiger partial charge < -0.3 is 5.32 Å². The summed E-state index contributed by atoms with van der Waals surface area (Å²) in [6, 6.07) is 5.67. The van der Waals surface area contributed by atoms with Crippen molar-refractivity contribution in [2.24, 2.45) is 0 Å². The van der Waals surface area contributed by atoms with Crippen LogP contribution in [0.1, 0.15) is 30.5 Å². The van der Waals surface area contributed by atoms with E-state index in [9.17, 15) is 13.2 Å². The molecule has 1 N–H and O–H groups in total. The Morgan fingerprint density at radius 1 is 1.19 bits per heavy atom. The molecule has 0 amide bonds. The van der Waals surface area contributed by atoms with Crippen molar-refractivity contribution < 1.29 is 13.2 Å². The summed E-state index contributed by atoms with van der Waals surface area (Å²) < 4.78 is 38.0. The summed E-state index contributed by atoms with van der Waals surface area (Å²) in [5.74, 6) is 2.26. The van der Waals surface area contributed by atoms with Crippen molar-refractivity contribution in [3.05, 3.63) is 35.4 Å². The molecule has 0 aromatic heterocycles. The molecule has 1 heterocycles. The Kier molecular flexibility index (Phi) is 5.91. The van der Waals surface area contributed by atoms with Crippen LogP contribution in [0.3, 0.4) is 0 Å². The first-order chi connectivity index (χ1) is 9.97. The van der Waals surface area contributed by atoms with Gasteiger partial charge in [-0.1, -0.05) is 19.1 Å². The molecule has 1 fully saturated rings. The molecule has 0 bridgehead atoms. The van der Waals surface area contributed by atoms with Crippen LogP contribution in [0, 0.1) is 0 Å². The second-order valence-corrected chi connectivity index (χ2v) is 7.67. The van der Waals surface area contributed by atoms with Crippen LogP contribution in [0.15, 0.2) is 24.3 Å². The second-order valence-electron chi connectivity index (χ2n) is 5.04. The Bertz CT molecular complexity index is 447. The van der Waals surface area contributed by atoms with Crippen molar-refractivity contribution >= 4 is 23.5 Å². The zero-order valence-electron chi connectivity index (χ0n) is 12.1. The zero-order chi connectivity index (χ0) is 15.5. The smallest absolute Gasteiger partial charge is 0.312 e. The van der Waals surface area contributed by atoms with Crippen LogP contribution >= 0.6 is 23.5 Å². The third-order valence-electron chi connectivity index (χ3n) is 3.73. The lowest BCUT2D eigenvalue weighted by atomic mass is 9.99. The molecular weight excluding hydrogens is 315 g/mol. The van der Waals surface area contributed by atoms with Gasteiger partial charge >= 0.3 is 6.18 Å². The minimum Gasteiger partial charge on any atom is -0.312 e. The molecule has 1 saturated heterocycles. The third kappa shape index (κ3) is 4.11. The van der Waals surface area contributed by atoms with Gasteiger partial charge in [-0.3, -0.25) is 0 Å². The van der Waals surface area contributed by atoms with Crippen LogP contribution in [-0.2, 0) is 6.18 Å². The van der Waals surface area contributed by atoms with E-state index in [1.54, 1.807) is 12.1 Å². The zero-order valence-corrected chi connectivity index (χ0v) is 13.7. The fourth-order valence-electron chi connectivity index (χ4n) is 2.65. The molecule has 0 aliphatic carbocycles. The van der Waals surface area contributed by atoms with E-state index < -0.39 is 11.7 Å². The summed E-state index contributed by atoms with van der Waals surface area (Å²) in [6.45, 7) is 2.18. The van der Waals surface area contributed by atoms with Crippen molar-refractivity contribution in [3.8, 4) is 0 Å². The molecule has 3 unspecified atom stereocenters.